The molecule has 1 aromatic heterocycles. The third-order valence-electron chi connectivity index (χ3n) is 15.4. The summed E-state index contributed by atoms with van der Waals surface area (Å²) in [5.74, 6) is -1.08. The molecule has 3 aromatic rings. The van der Waals surface area contributed by atoms with Crippen molar-refractivity contribution < 1.29 is 38.8 Å². The number of ether oxygens (including phenoxy) is 3. The summed E-state index contributed by atoms with van der Waals surface area (Å²) in [6, 6.07) is 11.6. The minimum atomic E-state index is -2.24. The quantitative estimate of drug-likeness (QED) is 0.123. The molecule has 2 saturated heterocycles. The van der Waals surface area contributed by atoms with Gasteiger partial charge in [0.1, 0.15) is 6.61 Å². The molecule has 2 bridgehead atoms. The minimum absolute atomic E-state index is 0.0726. The van der Waals surface area contributed by atoms with E-state index in [1.54, 1.807) is 0 Å². The van der Waals surface area contributed by atoms with Crippen LogP contribution in [0.4, 0.5) is 5.69 Å². The first kappa shape index (κ1) is 39.2. The summed E-state index contributed by atoms with van der Waals surface area (Å²) in [7, 11) is 3.16. The van der Waals surface area contributed by atoms with Gasteiger partial charge in [-0.15, -0.1) is 0 Å². The van der Waals surface area contributed by atoms with Crippen LogP contribution in [0.1, 0.15) is 80.8 Å². The number of carbonyl (C=O) groups is 3. The number of methoxy groups -OCH3 is 1. The number of carbonyl (C=O) groups excluding carboxylic acids is 3. The zero-order chi connectivity index (χ0) is 40.7. The van der Waals surface area contributed by atoms with Crippen LogP contribution >= 0.6 is 0 Å². The van der Waals surface area contributed by atoms with Crippen molar-refractivity contribution >= 4 is 35.0 Å². The summed E-state index contributed by atoms with van der Waals surface area (Å²) < 4.78 is 17.6. The molecule has 5 aliphatic heterocycles. The van der Waals surface area contributed by atoms with Crippen LogP contribution in [0.2, 0.25) is 0 Å². The summed E-state index contributed by atoms with van der Waals surface area (Å²) in [5.41, 5.74) is 3.71. The van der Waals surface area contributed by atoms with E-state index in [0.29, 0.717) is 50.3 Å². The monoisotopic (exact) mass is 794 g/mol. The lowest BCUT2D eigenvalue weighted by molar-refractivity contribution is -0.212. The molecule has 3 fully saturated rings. The van der Waals surface area contributed by atoms with Crippen molar-refractivity contribution in [1.29, 1.82) is 0 Å². The lowest BCUT2D eigenvalue weighted by atomic mass is 9.52. The van der Waals surface area contributed by atoms with E-state index in [2.05, 4.69) is 59.0 Å². The van der Waals surface area contributed by atoms with E-state index < -0.39 is 46.4 Å². The fourth-order valence-corrected chi connectivity index (χ4v) is 13.4. The van der Waals surface area contributed by atoms with Crippen molar-refractivity contribution in [3.05, 3.63) is 76.0 Å². The van der Waals surface area contributed by atoms with Crippen molar-refractivity contribution in [3.63, 3.8) is 0 Å². The Morgan fingerprint density at radius 1 is 1.10 bits per heavy atom. The largest absolute Gasteiger partial charge is 0.467 e. The number of likely N-dealkylation sites (N-methyl/N-ethyl adjacent to an activating group) is 1. The van der Waals surface area contributed by atoms with Gasteiger partial charge in [0.2, 0.25) is 5.60 Å². The van der Waals surface area contributed by atoms with Crippen LogP contribution in [-0.2, 0) is 52.5 Å². The highest BCUT2D eigenvalue weighted by molar-refractivity contribution is 5.88. The number of hydrogen-bond donors (Lipinski definition) is 3. The highest BCUT2D eigenvalue weighted by Gasteiger charge is 2.77. The SMILES string of the molecule is CCC1=CCN2CC[C@]34c5cc([C@@]6(COC=O)CC7CC(CC)CN(CCc8c6[nH]c6ccccc86)C7)c(CO)cc5N(C)[C@H]3C(O)(C(=O)OC)[C@H](OC(C)=O)C1[C@H]24. The van der Waals surface area contributed by atoms with Crippen LogP contribution < -0.4 is 4.90 Å². The first-order chi connectivity index (χ1) is 28.0. The Kier molecular flexibility index (Phi) is 9.81. The number of benzene rings is 2. The van der Waals surface area contributed by atoms with Crippen molar-refractivity contribution in [3.8, 4) is 0 Å². The first-order valence-corrected chi connectivity index (χ1v) is 21.3. The molecular formula is C46H58N4O8. The van der Waals surface area contributed by atoms with Crippen LogP contribution in [0.3, 0.4) is 0 Å². The predicted molar refractivity (Wildman–Crippen MR) is 218 cm³/mol. The fraction of sp³-hybridized carbons (Fsp3) is 0.587. The lowest BCUT2D eigenvalue weighted by Gasteiger charge is -2.59. The second-order valence-corrected chi connectivity index (χ2v) is 18.0. The fourth-order valence-electron chi connectivity index (χ4n) is 13.4. The number of para-hydroxylation sites is 1. The number of esters is 2. The number of anilines is 1. The maximum absolute atomic E-state index is 14.3. The number of aromatic amines is 1. The Morgan fingerprint density at radius 3 is 2.64 bits per heavy atom. The molecule has 0 radical (unpaired) electrons. The summed E-state index contributed by atoms with van der Waals surface area (Å²) in [6.45, 7) is 10.3. The number of aliphatic hydroxyl groups excluding tert-OH is 1. The molecule has 310 valence electrons. The van der Waals surface area contributed by atoms with Gasteiger partial charge < -0.3 is 39.2 Å². The van der Waals surface area contributed by atoms with Gasteiger partial charge in [-0.3, -0.25) is 14.5 Å². The van der Waals surface area contributed by atoms with Gasteiger partial charge in [0.25, 0.3) is 6.47 Å². The summed E-state index contributed by atoms with van der Waals surface area (Å²) in [5, 5.41) is 25.9. The van der Waals surface area contributed by atoms with Crippen molar-refractivity contribution in [1.82, 2.24) is 14.8 Å². The number of H-pyrrole nitrogens is 1. The number of aromatic nitrogens is 1. The van der Waals surface area contributed by atoms with Crippen LogP contribution in [-0.4, -0.2) is 121 Å². The predicted octanol–water partition coefficient (Wildman–Crippen LogP) is 4.36. The Hall–Kier alpha value is -4.23. The van der Waals surface area contributed by atoms with Gasteiger partial charge in [-0.05, 0) is 84.9 Å². The molecule has 10 atom stereocenters. The molecule has 1 spiro atoms. The molecule has 6 aliphatic rings. The van der Waals surface area contributed by atoms with Crippen molar-refractivity contribution in [2.45, 2.75) is 101 Å². The molecule has 12 nitrogen and oxygen atoms in total. The maximum Gasteiger partial charge on any atom is 0.344 e. The molecule has 0 amide bonds. The van der Waals surface area contributed by atoms with Crippen LogP contribution in [0.5, 0.6) is 0 Å². The summed E-state index contributed by atoms with van der Waals surface area (Å²) in [6.07, 6.45) is 5.91. The number of hydrogen-bond acceptors (Lipinski definition) is 11. The molecule has 2 aromatic carbocycles. The molecule has 1 aliphatic carbocycles. The van der Waals surface area contributed by atoms with E-state index in [1.807, 2.05) is 24.1 Å². The standard InChI is InChI=1S/C46H58N4O8/c1-6-28-18-29-21-44(25-57-26-52,39-33(13-15-49(22-28)23-29)32-10-8-9-11-36(32)47-39)34-20-35-37(19-31(34)24-51)48(4)42-45(35)14-17-50-16-12-30(7-2)38(40(45)50)41(58-27(3)53)46(42,55)43(54)56-5/h8-12,19-20,26,28-29,38,40-42,47,51,55H,6-7,13-18,21-25H2,1-5H3/t28?,29?,38?,40-,41+,42+,44-,45+,46?/m0/s1. The highest BCUT2D eigenvalue weighted by atomic mass is 16.6. The van der Waals surface area contributed by atoms with E-state index >= 15 is 0 Å². The maximum atomic E-state index is 14.3. The van der Waals surface area contributed by atoms with Gasteiger partial charge in [-0.1, -0.05) is 56.2 Å². The Balaban J connectivity index is 1.34. The van der Waals surface area contributed by atoms with Gasteiger partial charge in [-0.25, -0.2) is 4.79 Å². The molecule has 1 saturated carbocycles. The number of nitrogens with one attached hydrogen (secondary N) is 1. The average molecular weight is 795 g/mol. The van der Waals surface area contributed by atoms with E-state index in [1.165, 1.54) is 19.6 Å². The van der Waals surface area contributed by atoms with Crippen LogP contribution in [0.15, 0.2) is 48.0 Å². The minimum Gasteiger partial charge on any atom is -0.467 e. The van der Waals surface area contributed by atoms with E-state index in [-0.39, 0.29) is 25.2 Å². The Labute approximate surface area is 340 Å². The smallest absolute Gasteiger partial charge is 0.344 e. The van der Waals surface area contributed by atoms with Gasteiger partial charge in [-0.2, -0.15) is 0 Å². The van der Waals surface area contributed by atoms with E-state index in [4.69, 9.17) is 14.2 Å². The Bertz CT molecular complexity index is 2170. The topological polar surface area (TPSA) is 145 Å². The first-order valence-electron chi connectivity index (χ1n) is 21.3. The molecule has 6 heterocycles. The van der Waals surface area contributed by atoms with Gasteiger partial charge in [0.15, 0.2) is 6.10 Å². The molecule has 5 unspecified atom stereocenters. The van der Waals surface area contributed by atoms with Crippen molar-refractivity contribution in [2.75, 3.05) is 58.4 Å². The Morgan fingerprint density at radius 2 is 1.91 bits per heavy atom. The second-order valence-electron chi connectivity index (χ2n) is 18.0. The number of aliphatic hydroxyl groups is 2. The van der Waals surface area contributed by atoms with E-state index in [9.17, 15) is 24.6 Å². The third kappa shape index (κ3) is 5.43. The molecule has 9 rings (SSSR count). The number of fused-ring (bicyclic) bond motifs is 6. The normalized spacial score (nSPS) is 35.1. The third-order valence-corrected chi connectivity index (χ3v) is 15.4. The van der Waals surface area contributed by atoms with Gasteiger partial charge in [0.05, 0.1) is 25.2 Å². The van der Waals surface area contributed by atoms with Crippen LogP contribution in [0, 0.1) is 17.8 Å². The second kappa shape index (κ2) is 14.5. The number of piperidine rings is 1. The van der Waals surface area contributed by atoms with E-state index in [0.717, 1.165) is 77.9 Å². The zero-order valence-corrected chi connectivity index (χ0v) is 34.5. The number of rotatable bonds is 9. The van der Waals surface area contributed by atoms with Gasteiger partial charge >= 0.3 is 11.9 Å². The molecule has 58 heavy (non-hydrogen) atoms. The lowest BCUT2D eigenvalue weighted by Crippen LogP contribution is -2.78. The molecular weight excluding hydrogens is 737 g/mol. The zero-order valence-electron chi connectivity index (χ0n) is 34.5. The summed E-state index contributed by atoms with van der Waals surface area (Å²) >= 11 is 0. The molecule has 3 N–H and O–H groups in total. The number of nitrogens with zero attached hydrogens (tertiary/aromatic N) is 3. The highest BCUT2D eigenvalue weighted by Crippen LogP contribution is 2.65. The molecule has 12 heteroatoms. The summed E-state index contributed by atoms with van der Waals surface area (Å²) in [4.78, 5) is 50.5. The van der Waals surface area contributed by atoms with Crippen LogP contribution in [0.25, 0.3) is 10.9 Å². The average Bonchev–Trinajstić information content (AvgIpc) is 3.89. The van der Waals surface area contributed by atoms with Crippen molar-refractivity contribution in [2.24, 2.45) is 17.8 Å². The van der Waals surface area contributed by atoms with Gasteiger partial charge in [0, 0.05) is 79.8 Å².